The molecule has 0 fully saturated rings. The Labute approximate surface area is 103 Å². The van der Waals surface area contributed by atoms with E-state index >= 15 is 0 Å². The lowest BCUT2D eigenvalue weighted by Crippen LogP contribution is -2.24. The van der Waals surface area contributed by atoms with Gasteiger partial charge >= 0.3 is 0 Å². The number of aromatic nitrogens is 2. The van der Waals surface area contributed by atoms with Crippen molar-refractivity contribution in [1.29, 1.82) is 0 Å². The summed E-state index contributed by atoms with van der Waals surface area (Å²) in [6, 6.07) is 1.79. The first-order valence-corrected chi connectivity index (χ1v) is 5.87. The molecule has 0 aliphatic rings. The molecule has 0 saturated carbocycles. The largest absolute Gasteiger partial charge is 0.481 e. The van der Waals surface area contributed by atoms with Crippen molar-refractivity contribution in [2.24, 2.45) is 11.1 Å². The summed E-state index contributed by atoms with van der Waals surface area (Å²) in [7, 11) is 1.59. The summed E-state index contributed by atoms with van der Waals surface area (Å²) in [5.41, 5.74) is 5.73. The van der Waals surface area contributed by atoms with Crippen LogP contribution in [0.25, 0.3) is 0 Å². The van der Waals surface area contributed by atoms with Gasteiger partial charge in [-0.25, -0.2) is 9.97 Å². The van der Waals surface area contributed by atoms with Gasteiger partial charge in [0.2, 0.25) is 5.88 Å². The number of methoxy groups -OCH3 is 1. The third-order valence-electron chi connectivity index (χ3n) is 2.66. The monoisotopic (exact) mass is 238 g/mol. The number of hydrogen-bond donors (Lipinski definition) is 2. The Morgan fingerprint density at radius 1 is 1.41 bits per heavy atom. The highest BCUT2D eigenvalue weighted by atomic mass is 16.5. The molecule has 0 radical (unpaired) electrons. The van der Waals surface area contributed by atoms with Gasteiger partial charge in [0.1, 0.15) is 12.1 Å². The Bertz CT molecular complexity index is 341. The third-order valence-corrected chi connectivity index (χ3v) is 2.66. The normalized spacial score (nSPS) is 11.3. The number of nitrogens with one attached hydrogen (secondary N) is 1. The van der Waals surface area contributed by atoms with E-state index in [0.717, 1.165) is 31.7 Å². The quantitative estimate of drug-likeness (QED) is 0.756. The minimum Gasteiger partial charge on any atom is -0.481 e. The van der Waals surface area contributed by atoms with Gasteiger partial charge in [-0.1, -0.05) is 13.8 Å². The molecule has 0 unspecified atom stereocenters. The van der Waals surface area contributed by atoms with E-state index in [1.807, 2.05) is 0 Å². The zero-order chi connectivity index (χ0) is 12.7. The first-order chi connectivity index (χ1) is 8.07. The molecule has 17 heavy (non-hydrogen) atoms. The minimum atomic E-state index is 0.206. The Balaban J connectivity index is 2.48. The Kier molecular flexibility index (Phi) is 5.15. The van der Waals surface area contributed by atoms with Crippen molar-refractivity contribution in [2.45, 2.75) is 26.7 Å². The lowest BCUT2D eigenvalue weighted by molar-refractivity contribution is 0.349. The molecular weight excluding hydrogens is 216 g/mol. The molecule has 1 aromatic heterocycles. The highest BCUT2D eigenvalue weighted by molar-refractivity contribution is 5.37. The van der Waals surface area contributed by atoms with Gasteiger partial charge in [0.25, 0.3) is 0 Å². The average Bonchev–Trinajstić information content (AvgIpc) is 2.34. The summed E-state index contributed by atoms with van der Waals surface area (Å²) >= 11 is 0. The van der Waals surface area contributed by atoms with Crippen LogP contribution in [-0.2, 0) is 0 Å². The first-order valence-electron chi connectivity index (χ1n) is 5.87. The van der Waals surface area contributed by atoms with Crippen LogP contribution >= 0.6 is 0 Å². The number of nitrogens with two attached hydrogens (primary N) is 1. The average molecular weight is 238 g/mol. The molecule has 0 aliphatic heterocycles. The van der Waals surface area contributed by atoms with Crippen LogP contribution in [-0.4, -0.2) is 30.2 Å². The molecule has 1 aromatic rings. The second-order valence-electron chi connectivity index (χ2n) is 4.86. The topological polar surface area (TPSA) is 73.1 Å². The molecule has 1 rings (SSSR count). The number of ether oxygens (including phenoxy) is 1. The van der Waals surface area contributed by atoms with Crippen LogP contribution in [0.2, 0.25) is 0 Å². The molecule has 0 saturated heterocycles. The van der Waals surface area contributed by atoms with Crippen molar-refractivity contribution in [3.8, 4) is 5.88 Å². The van der Waals surface area contributed by atoms with E-state index < -0.39 is 0 Å². The van der Waals surface area contributed by atoms with E-state index in [-0.39, 0.29) is 5.41 Å². The zero-order valence-electron chi connectivity index (χ0n) is 10.9. The van der Waals surface area contributed by atoms with Crippen molar-refractivity contribution >= 4 is 5.82 Å². The maximum atomic E-state index is 5.52. The van der Waals surface area contributed by atoms with Gasteiger partial charge in [-0.15, -0.1) is 0 Å². The smallest absolute Gasteiger partial charge is 0.218 e. The molecule has 0 atom stereocenters. The molecule has 3 N–H and O–H groups in total. The molecule has 0 amide bonds. The standard InChI is InChI=1S/C12H22N4O/c1-12(2,5-4-6-13)8-14-10-7-11(17-3)16-9-15-10/h7,9H,4-6,8,13H2,1-3H3,(H,14,15,16). The summed E-state index contributed by atoms with van der Waals surface area (Å²) in [6.07, 6.45) is 3.63. The van der Waals surface area contributed by atoms with Crippen molar-refractivity contribution in [1.82, 2.24) is 9.97 Å². The molecule has 1 heterocycles. The van der Waals surface area contributed by atoms with E-state index in [4.69, 9.17) is 10.5 Å². The molecule has 5 nitrogen and oxygen atoms in total. The second-order valence-corrected chi connectivity index (χ2v) is 4.86. The van der Waals surface area contributed by atoms with Gasteiger partial charge in [-0.3, -0.25) is 0 Å². The van der Waals surface area contributed by atoms with Crippen molar-refractivity contribution in [2.75, 3.05) is 25.5 Å². The van der Waals surface area contributed by atoms with Gasteiger partial charge in [0.05, 0.1) is 7.11 Å². The highest BCUT2D eigenvalue weighted by Gasteiger charge is 2.17. The Morgan fingerprint density at radius 3 is 2.82 bits per heavy atom. The summed E-state index contributed by atoms with van der Waals surface area (Å²) < 4.78 is 5.04. The summed E-state index contributed by atoms with van der Waals surface area (Å²) in [6.45, 7) is 6.03. The predicted octanol–water partition coefficient (Wildman–Crippen LogP) is 1.66. The maximum Gasteiger partial charge on any atom is 0.218 e. The molecule has 0 aliphatic carbocycles. The van der Waals surface area contributed by atoms with Crippen molar-refractivity contribution in [3.05, 3.63) is 12.4 Å². The van der Waals surface area contributed by atoms with Crippen LogP contribution in [0, 0.1) is 5.41 Å². The molecule has 0 spiro atoms. The fraction of sp³-hybridized carbons (Fsp3) is 0.667. The Hall–Kier alpha value is -1.36. The molecular formula is C12H22N4O. The van der Waals surface area contributed by atoms with Crippen LogP contribution in [0.4, 0.5) is 5.82 Å². The molecule has 96 valence electrons. The minimum absolute atomic E-state index is 0.206. The molecule has 5 heteroatoms. The predicted molar refractivity (Wildman–Crippen MR) is 69.1 cm³/mol. The van der Waals surface area contributed by atoms with Gasteiger partial charge in [0, 0.05) is 12.6 Å². The SMILES string of the molecule is COc1cc(NCC(C)(C)CCCN)ncn1. The van der Waals surface area contributed by atoms with Gasteiger partial charge in [-0.2, -0.15) is 0 Å². The van der Waals surface area contributed by atoms with Crippen molar-refractivity contribution < 1.29 is 4.74 Å². The lowest BCUT2D eigenvalue weighted by Gasteiger charge is -2.25. The second kappa shape index (κ2) is 6.39. The fourth-order valence-electron chi connectivity index (χ4n) is 1.55. The van der Waals surface area contributed by atoms with E-state index in [2.05, 4.69) is 29.1 Å². The lowest BCUT2D eigenvalue weighted by atomic mass is 9.88. The van der Waals surface area contributed by atoms with Crippen LogP contribution in [0.1, 0.15) is 26.7 Å². The summed E-state index contributed by atoms with van der Waals surface area (Å²) in [5.74, 6) is 1.36. The van der Waals surface area contributed by atoms with E-state index in [1.54, 1.807) is 13.2 Å². The number of hydrogen-bond acceptors (Lipinski definition) is 5. The highest BCUT2D eigenvalue weighted by Crippen LogP contribution is 2.22. The van der Waals surface area contributed by atoms with Gasteiger partial charge in [0.15, 0.2) is 0 Å². The van der Waals surface area contributed by atoms with Gasteiger partial charge in [-0.05, 0) is 24.8 Å². The Morgan fingerprint density at radius 2 is 2.18 bits per heavy atom. The molecule has 0 aromatic carbocycles. The summed E-state index contributed by atoms with van der Waals surface area (Å²) in [5, 5.41) is 3.30. The summed E-state index contributed by atoms with van der Waals surface area (Å²) in [4.78, 5) is 8.11. The van der Waals surface area contributed by atoms with E-state index in [1.165, 1.54) is 6.33 Å². The van der Waals surface area contributed by atoms with Crippen molar-refractivity contribution in [3.63, 3.8) is 0 Å². The molecule has 0 bridgehead atoms. The van der Waals surface area contributed by atoms with Crippen LogP contribution < -0.4 is 15.8 Å². The fourth-order valence-corrected chi connectivity index (χ4v) is 1.55. The third kappa shape index (κ3) is 4.99. The van der Waals surface area contributed by atoms with Crippen LogP contribution in [0.3, 0.4) is 0 Å². The first kappa shape index (κ1) is 13.7. The number of nitrogens with zero attached hydrogens (tertiary/aromatic N) is 2. The zero-order valence-corrected chi connectivity index (χ0v) is 10.9. The van der Waals surface area contributed by atoms with Crippen LogP contribution in [0.5, 0.6) is 5.88 Å². The number of anilines is 1. The number of rotatable bonds is 7. The van der Waals surface area contributed by atoms with Crippen LogP contribution in [0.15, 0.2) is 12.4 Å². The van der Waals surface area contributed by atoms with E-state index in [9.17, 15) is 0 Å². The van der Waals surface area contributed by atoms with Gasteiger partial charge < -0.3 is 15.8 Å². The maximum absolute atomic E-state index is 5.52. The van der Waals surface area contributed by atoms with E-state index in [0.29, 0.717) is 5.88 Å².